The van der Waals surface area contributed by atoms with Gasteiger partial charge in [0.15, 0.2) is 5.78 Å². The lowest BCUT2D eigenvalue weighted by Crippen LogP contribution is -2.34. The highest BCUT2D eigenvalue weighted by Crippen LogP contribution is 2.40. The molecule has 2 aromatic rings. The zero-order valence-corrected chi connectivity index (χ0v) is 14.2. The van der Waals surface area contributed by atoms with Crippen LogP contribution in [0.1, 0.15) is 30.4 Å². The lowest BCUT2D eigenvalue weighted by Gasteiger charge is -2.29. The zero-order valence-electron chi connectivity index (χ0n) is 14.2. The van der Waals surface area contributed by atoms with Gasteiger partial charge in [-0.1, -0.05) is 24.3 Å². The highest BCUT2D eigenvalue weighted by molar-refractivity contribution is 6.10. The summed E-state index contributed by atoms with van der Waals surface area (Å²) in [6.07, 6.45) is 1.76. The second-order valence-corrected chi connectivity index (χ2v) is 6.17. The molecule has 3 nitrogen and oxygen atoms in total. The molecular weight excluding hydrogens is 338 g/mol. The molecule has 0 saturated heterocycles. The molecule has 26 heavy (non-hydrogen) atoms. The fourth-order valence-corrected chi connectivity index (χ4v) is 3.30. The van der Waals surface area contributed by atoms with Crippen molar-refractivity contribution in [2.45, 2.75) is 19.3 Å². The van der Waals surface area contributed by atoms with E-state index < -0.39 is 23.6 Å². The molecule has 0 radical (unpaired) electrons. The quantitative estimate of drug-likeness (QED) is 0.606. The minimum absolute atomic E-state index is 0.160. The molecule has 3 rings (SSSR count). The van der Waals surface area contributed by atoms with E-state index in [-0.39, 0.29) is 18.2 Å². The van der Waals surface area contributed by atoms with Crippen molar-refractivity contribution in [2.24, 2.45) is 5.92 Å². The first kappa shape index (κ1) is 18.0. The topological polar surface area (TPSA) is 43.4 Å². The standard InChI is InChI=1S/C21H18F2O3/c1-2-26-21(25)20-18(14-4-3-5-17(23)10-14)11-15(12-19(20)24)13-6-8-16(22)9-7-13/h3-10,12,18,20H,2,11H2,1H3/t18-,20-/m1/s1. The van der Waals surface area contributed by atoms with E-state index in [0.717, 1.165) is 0 Å². The van der Waals surface area contributed by atoms with Gasteiger partial charge < -0.3 is 4.74 Å². The summed E-state index contributed by atoms with van der Waals surface area (Å²) < 4.78 is 31.9. The molecule has 0 bridgehead atoms. The van der Waals surface area contributed by atoms with Crippen LogP contribution >= 0.6 is 0 Å². The zero-order chi connectivity index (χ0) is 18.7. The average molecular weight is 356 g/mol. The predicted molar refractivity (Wildman–Crippen MR) is 93.3 cm³/mol. The van der Waals surface area contributed by atoms with Crippen molar-refractivity contribution in [1.82, 2.24) is 0 Å². The fourth-order valence-electron chi connectivity index (χ4n) is 3.30. The number of halogens is 2. The van der Waals surface area contributed by atoms with Crippen molar-refractivity contribution >= 4 is 17.3 Å². The van der Waals surface area contributed by atoms with Gasteiger partial charge in [0.1, 0.15) is 17.6 Å². The summed E-state index contributed by atoms with van der Waals surface area (Å²) >= 11 is 0. The SMILES string of the molecule is CCOC(=O)[C@H]1C(=O)C=C(c2ccc(F)cc2)C[C@@H]1c1cccc(F)c1. The predicted octanol–water partition coefficient (Wildman–Crippen LogP) is 4.28. The normalized spacial score (nSPS) is 19.8. The highest BCUT2D eigenvalue weighted by atomic mass is 19.1. The van der Waals surface area contributed by atoms with Crippen LogP contribution in [0.5, 0.6) is 0 Å². The van der Waals surface area contributed by atoms with Crippen LogP contribution in [0.3, 0.4) is 0 Å². The molecular formula is C21H18F2O3. The maximum atomic E-state index is 13.7. The summed E-state index contributed by atoms with van der Waals surface area (Å²) in [5, 5.41) is 0. The molecule has 2 aromatic carbocycles. The summed E-state index contributed by atoms with van der Waals surface area (Å²) in [5.74, 6) is -3.36. The second kappa shape index (κ2) is 7.60. The lowest BCUT2D eigenvalue weighted by molar-refractivity contribution is -0.151. The number of allylic oxidation sites excluding steroid dienone is 2. The molecule has 0 aromatic heterocycles. The van der Waals surface area contributed by atoms with E-state index in [4.69, 9.17) is 4.74 Å². The number of esters is 1. The molecule has 5 heteroatoms. The van der Waals surface area contributed by atoms with Crippen LogP contribution in [0.25, 0.3) is 5.57 Å². The number of ketones is 1. The van der Waals surface area contributed by atoms with Gasteiger partial charge in [-0.3, -0.25) is 9.59 Å². The summed E-state index contributed by atoms with van der Waals surface area (Å²) in [5.41, 5.74) is 1.94. The maximum Gasteiger partial charge on any atom is 0.317 e. The van der Waals surface area contributed by atoms with Crippen molar-refractivity contribution in [1.29, 1.82) is 0 Å². The number of carbonyl (C=O) groups is 2. The smallest absolute Gasteiger partial charge is 0.317 e. The van der Waals surface area contributed by atoms with Crippen LogP contribution in [0, 0.1) is 17.6 Å². The Balaban J connectivity index is 2.02. The van der Waals surface area contributed by atoms with E-state index in [1.54, 1.807) is 31.2 Å². The van der Waals surface area contributed by atoms with Crippen LogP contribution in [0.4, 0.5) is 8.78 Å². The van der Waals surface area contributed by atoms with Gasteiger partial charge in [0.05, 0.1) is 6.61 Å². The second-order valence-electron chi connectivity index (χ2n) is 6.17. The number of ether oxygens (including phenoxy) is 1. The van der Waals surface area contributed by atoms with E-state index >= 15 is 0 Å². The third-order valence-corrected chi connectivity index (χ3v) is 4.50. The molecule has 134 valence electrons. The molecule has 0 unspecified atom stereocenters. The van der Waals surface area contributed by atoms with Crippen molar-refractivity contribution in [3.63, 3.8) is 0 Å². The van der Waals surface area contributed by atoms with Crippen LogP contribution in [0.15, 0.2) is 54.6 Å². The van der Waals surface area contributed by atoms with Crippen molar-refractivity contribution in [2.75, 3.05) is 6.61 Å². The molecule has 0 heterocycles. The van der Waals surface area contributed by atoms with Gasteiger partial charge in [-0.15, -0.1) is 0 Å². The van der Waals surface area contributed by atoms with Crippen LogP contribution in [0.2, 0.25) is 0 Å². The lowest BCUT2D eigenvalue weighted by atomic mass is 9.73. The molecule has 0 fully saturated rings. The van der Waals surface area contributed by atoms with Crippen LogP contribution in [-0.4, -0.2) is 18.4 Å². The molecule has 0 saturated carbocycles. The Bertz CT molecular complexity index is 856. The molecule has 2 atom stereocenters. The van der Waals surface area contributed by atoms with Gasteiger partial charge in [-0.25, -0.2) is 8.78 Å². The van der Waals surface area contributed by atoms with Gasteiger partial charge in [-0.05, 0) is 60.4 Å². The van der Waals surface area contributed by atoms with Gasteiger partial charge in [0.2, 0.25) is 0 Å². The summed E-state index contributed by atoms with van der Waals surface area (Å²) in [7, 11) is 0. The summed E-state index contributed by atoms with van der Waals surface area (Å²) in [6, 6.07) is 11.7. The van der Waals surface area contributed by atoms with Gasteiger partial charge >= 0.3 is 5.97 Å². The molecule has 1 aliphatic rings. The number of hydrogen-bond donors (Lipinski definition) is 0. The van der Waals surface area contributed by atoms with Crippen molar-refractivity contribution in [3.05, 3.63) is 77.4 Å². The molecule has 1 aliphatic carbocycles. The van der Waals surface area contributed by atoms with Gasteiger partial charge in [0, 0.05) is 5.92 Å². The molecule has 0 N–H and O–H groups in total. The Morgan fingerprint density at radius 1 is 1.12 bits per heavy atom. The van der Waals surface area contributed by atoms with Crippen LogP contribution in [-0.2, 0) is 14.3 Å². The van der Waals surface area contributed by atoms with E-state index in [1.165, 1.54) is 30.3 Å². The van der Waals surface area contributed by atoms with E-state index in [1.807, 2.05) is 0 Å². The van der Waals surface area contributed by atoms with Crippen molar-refractivity contribution in [3.8, 4) is 0 Å². The number of carbonyl (C=O) groups excluding carboxylic acids is 2. The summed E-state index contributed by atoms with van der Waals surface area (Å²) in [6.45, 7) is 1.83. The molecule has 0 spiro atoms. The third kappa shape index (κ3) is 3.72. The Labute approximate surface area is 150 Å². The first-order chi connectivity index (χ1) is 12.5. The molecule has 0 amide bonds. The fraction of sp³-hybridized carbons (Fsp3) is 0.238. The Morgan fingerprint density at radius 3 is 2.50 bits per heavy atom. The summed E-state index contributed by atoms with van der Waals surface area (Å²) in [4.78, 5) is 25.0. The minimum Gasteiger partial charge on any atom is -0.465 e. The largest absolute Gasteiger partial charge is 0.465 e. The van der Waals surface area contributed by atoms with Crippen molar-refractivity contribution < 1.29 is 23.1 Å². The monoisotopic (exact) mass is 356 g/mol. The first-order valence-corrected chi connectivity index (χ1v) is 8.42. The van der Waals surface area contributed by atoms with Crippen LogP contribution < -0.4 is 0 Å². The Morgan fingerprint density at radius 2 is 1.85 bits per heavy atom. The van der Waals surface area contributed by atoms with E-state index in [2.05, 4.69) is 0 Å². The Hall–Kier alpha value is -2.82. The van der Waals surface area contributed by atoms with E-state index in [0.29, 0.717) is 23.1 Å². The minimum atomic E-state index is -1.01. The number of rotatable bonds is 4. The number of hydrogen-bond acceptors (Lipinski definition) is 3. The van der Waals surface area contributed by atoms with Gasteiger partial charge in [-0.2, -0.15) is 0 Å². The van der Waals surface area contributed by atoms with E-state index in [9.17, 15) is 18.4 Å². The van der Waals surface area contributed by atoms with Gasteiger partial charge in [0.25, 0.3) is 0 Å². The highest BCUT2D eigenvalue weighted by Gasteiger charge is 2.39. The Kier molecular flexibility index (Phi) is 5.26. The third-order valence-electron chi connectivity index (χ3n) is 4.50. The average Bonchev–Trinajstić information content (AvgIpc) is 2.61. The molecule has 0 aliphatic heterocycles. The maximum absolute atomic E-state index is 13.7. The number of benzene rings is 2. The first-order valence-electron chi connectivity index (χ1n) is 8.42.